The van der Waals surface area contributed by atoms with E-state index in [2.05, 4.69) is 0 Å². The molecule has 3 aromatic rings. The van der Waals surface area contributed by atoms with E-state index in [0.717, 1.165) is 21.2 Å². The molecule has 0 fully saturated rings. The van der Waals surface area contributed by atoms with Gasteiger partial charge in [0.1, 0.15) is 0 Å². The normalized spacial score (nSPS) is 10.7. The van der Waals surface area contributed by atoms with Crippen molar-refractivity contribution in [2.45, 2.75) is 0 Å². The fraction of sp³-hybridized carbons (Fsp3) is 0. The highest BCUT2D eigenvalue weighted by molar-refractivity contribution is 7.16. The second-order valence-corrected chi connectivity index (χ2v) is 5.44. The molecule has 0 unspecified atom stereocenters. The highest BCUT2D eigenvalue weighted by Crippen LogP contribution is 2.24. The summed E-state index contributed by atoms with van der Waals surface area (Å²) in [5, 5.41) is 1.77. The van der Waals surface area contributed by atoms with Crippen LogP contribution >= 0.6 is 22.9 Å². The molecule has 0 N–H and O–H groups in total. The van der Waals surface area contributed by atoms with Crippen molar-refractivity contribution in [1.82, 2.24) is 0 Å². The molecule has 0 bridgehead atoms. The van der Waals surface area contributed by atoms with Gasteiger partial charge < -0.3 is 0 Å². The van der Waals surface area contributed by atoms with Gasteiger partial charge in [0.2, 0.25) is 4.74 Å². The molecule has 0 saturated heterocycles. The van der Waals surface area contributed by atoms with E-state index in [9.17, 15) is 4.79 Å². The fourth-order valence-corrected chi connectivity index (χ4v) is 2.90. The number of halogens is 1. The predicted octanol–water partition coefficient (Wildman–Crippen LogP) is 4.58. The molecule has 1 aromatic heterocycles. The van der Waals surface area contributed by atoms with Gasteiger partial charge in [0, 0.05) is 15.3 Å². The summed E-state index contributed by atoms with van der Waals surface area (Å²) in [4.78, 5) is 12.1. The zero-order valence-electron chi connectivity index (χ0n) is 9.39. The third-order valence-electron chi connectivity index (χ3n) is 2.80. The van der Waals surface area contributed by atoms with E-state index in [4.69, 9.17) is 11.6 Å². The Morgan fingerprint density at radius 2 is 1.67 bits per heavy atom. The number of hydrogen-bond acceptors (Lipinski definition) is 2. The Kier molecular flexibility index (Phi) is 2.90. The lowest BCUT2D eigenvalue weighted by molar-refractivity contribution is 1.64. The molecular formula is C15H9ClOS. The largest absolute Gasteiger partial charge is 0.277 e. The topological polar surface area (TPSA) is 17.1 Å². The number of benzene rings is 2. The molecule has 1 heterocycles. The van der Waals surface area contributed by atoms with Gasteiger partial charge in [-0.15, -0.1) is 0 Å². The first kappa shape index (κ1) is 11.5. The van der Waals surface area contributed by atoms with Crippen molar-refractivity contribution in [2.24, 2.45) is 0 Å². The SMILES string of the molecule is O=c1sc2ccccc2cc1-c1ccc(Cl)cc1. The van der Waals surface area contributed by atoms with Crippen LogP contribution in [0.2, 0.25) is 5.02 Å². The molecule has 0 aliphatic carbocycles. The van der Waals surface area contributed by atoms with E-state index in [1.165, 1.54) is 11.3 Å². The van der Waals surface area contributed by atoms with E-state index in [1.807, 2.05) is 42.5 Å². The monoisotopic (exact) mass is 272 g/mol. The van der Waals surface area contributed by atoms with Gasteiger partial charge in [0.05, 0.1) is 0 Å². The molecule has 1 nitrogen and oxygen atoms in total. The van der Waals surface area contributed by atoms with Gasteiger partial charge >= 0.3 is 0 Å². The Balaban J connectivity index is 2.26. The van der Waals surface area contributed by atoms with Crippen LogP contribution in [0.3, 0.4) is 0 Å². The van der Waals surface area contributed by atoms with Crippen molar-refractivity contribution in [1.29, 1.82) is 0 Å². The Morgan fingerprint density at radius 3 is 2.44 bits per heavy atom. The predicted molar refractivity (Wildman–Crippen MR) is 78.5 cm³/mol. The first-order valence-electron chi connectivity index (χ1n) is 5.53. The van der Waals surface area contributed by atoms with Crippen LogP contribution in [0.4, 0.5) is 0 Å². The lowest BCUT2D eigenvalue weighted by Crippen LogP contribution is -1.98. The van der Waals surface area contributed by atoms with Gasteiger partial charge in [-0.05, 0) is 35.2 Å². The maximum absolute atomic E-state index is 12.1. The van der Waals surface area contributed by atoms with E-state index >= 15 is 0 Å². The lowest BCUT2D eigenvalue weighted by atomic mass is 10.1. The smallest absolute Gasteiger partial charge is 0.240 e. The van der Waals surface area contributed by atoms with E-state index in [1.54, 1.807) is 12.1 Å². The Bertz CT molecular complexity index is 759. The van der Waals surface area contributed by atoms with Crippen LogP contribution in [0, 0.1) is 0 Å². The molecule has 0 spiro atoms. The second-order valence-electron chi connectivity index (χ2n) is 3.99. The minimum absolute atomic E-state index is 0.0797. The maximum Gasteiger partial charge on any atom is 0.240 e. The highest BCUT2D eigenvalue weighted by atomic mass is 35.5. The van der Waals surface area contributed by atoms with Crippen LogP contribution in [0.5, 0.6) is 0 Å². The van der Waals surface area contributed by atoms with Crippen LogP contribution < -0.4 is 4.74 Å². The summed E-state index contributed by atoms with van der Waals surface area (Å²) >= 11 is 7.14. The van der Waals surface area contributed by atoms with Gasteiger partial charge in [0.25, 0.3) is 0 Å². The number of rotatable bonds is 1. The van der Waals surface area contributed by atoms with Crippen molar-refractivity contribution in [2.75, 3.05) is 0 Å². The van der Waals surface area contributed by atoms with Crippen LogP contribution in [0.1, 0.15) is 0 Å². The summed E-state index contributed by atoms with van der Waals surface area (Å²) in [5.41, 5.74) is 1.64. The van der Waals surface area contributed by atoms with Crippen LogP contribution in [0.25, 0.3) is 21.2 Å². The van der Waals surface area contributed by atoms with Crippen molar-refractivity contribution < 1.29 is 0 Å². The molecule has 0 atom stereocenters. The molecule has 0 amide bonds. The Hall–Kier alpha value is -1.64. The minimum Gasteiger partial charge on any atom is -0.277 e. The lowest BCUT2D eigenvalue weighted by Gasteiger charge is -2.02. The molecule has 88 valence electrons. The maximum atomic E-state index is 12.1. The molecule has 18 heavy (non-hydrogen) atoms. The first-order valence-corrected chi connectivity index (χ1v) is 6.72. The van der Waals surface area contributed by atoms with Crippen molar-refractivity contribution in [3.63, 3.8) is 0 Å². The average Bonchev–Trinajstić information content (AvgIpc) is 2.39. The third-order valence-corrected chi connectivity index (χ3v) is 4.05. The molecule has 0 saturated carbocycles. The standard InChI is InChI=1S/C15H9ClOS/c16-12-7-5-10(6-8-12)13-9-11-3-1-2-4-14(11)18-15(13)17/h1-9H. The summed E-state index contributed by atoms with van der Waals surface area (Å²) in [6.07, 6.45) is 0. The van der Waals surface area contributed by atoms with Gasteiger partial charge in [-0.3, -0.25) is 4.79 Å². The van der Waals surface area contributed by atoms with Crippen molar-refractivity contribution >= 4 is 33.0 Å². The summed E-state index contributed by atoms with van der Waals surface area (Å²) in [6.45, 7) is 0. The van der Waals surface area contributed by atoms with Crippen LogP contribution in [-0.2, 0) is 0 Å². The van der Waals surface area contributed by atoms with Gasteiger partial charge in [-0.1, -0.05) is 53.3 Å². The summed E-state index contributed by atoms with van der Waals surface area (Å²) in [5.74, 6) is 0. The minimum atomic E-state index is 0.0797. The number of fused-ring (bicyclic) bond motifs is 1. The fourth-order valence-electron chi connectivity index (χ4n) is 1.89. The van der Waals surface area contributed by atoms with Crippen LogP contribution in [-0.4, -0.2) is 0 Å². The first-order chi connectivity index (χ1) is 8.74. The van der Waals surface area contributed by atoms with Gasteiger partial charge in [-0.25, -0.2) is 0 Å². The van der Waals surface area contributed by atoms with Gasteiger partial charge in [-0.2, -0.15) is 0 Å². The average molecular weight is 273 g/mol. The molecule has 3 heteroatoms. The third kappa shape index (κ3) is 2.05. The molecule has 0 radical (unpaired) electrons. The zero-order valence-corrected chi connectivity index (χ0v) is 11.0. The molecular weight excluding hydrogens is 264 g/mol. The summed E-state index contributed by atoms with van der Waals surface area (Å²) in [7, 11) is 0. The Labute approximate surface area is 113 Å². The number of hydrogen-bond donors (Lipinski definition) is 0. The van der Waals surface area contributed by atoms with Crippen molar-refractivity contribution in [3.8, 4) is 11.1 Å². The van der Waals surface area contributed by atoms with E-state index in [-0.39, 0.29) is 4.74 Å². The highest BCUT2D eigenvalue weighted by Gasteiger charge is 2.05. The van der Waals surface area contributed by atoms with E-state index in [0.29, 0.717) is 5.02 Å². The van der Waals surface area contributed by atoms with E-state index < -0.39 is 0 Å². The molecule has 0 aliphatic heterocycles. The summed E-state index contributed by atoms with van der Waals surface area (Å²) in [6, 6.07) is 17.2. The molecule has 0 aliphatic rings. The van der Waals surface area contributed by atoms with Gasteiger partial charge in [0.15, 0.2) is 0 Å². The van der Waals surface area contributed by atoms with Crippen molar-refractivity contribution in [3.05, 3.63) is 69.2 Å². The zero-order chi connectivity index (χ0) is 12.5. The Morgan fingerprint density at radius 1 is 0.944 bits per heavy atom. The van der Waals surface area contributed by atoms with Crippen LogP contribution in [0.15, 0.2) is 59.4 Å². The molecule has 2 aromatic carbocycles. The molecule has 3 rings (SSSR count). The second kappa shape index (κ2) is 4.56. The summed E-state index contributed by atoms with van der Waals surface area (Å²) < 4.78 is 1.09. The quantitative estimate of drug-likeness (QED) is 0.634.